The van der Waals surface area contributed by atoms with E-state index in [1.165, 1.54) is 24.5 Å². The SMILES string of the molecule is C=CC(=O)Nc1ccc(Nc2ccc(C(F)(F)F)cc2)c(-c2ncc(OC3COC3)cn2)c1. The second-order valence-electron chi connectivity index (χ2n) is 7.17. The van der Waals surface area contributed by atoms with Gasteiger partial charge < -0.3 is 20.1 Å². The van der Waals surface area contributed by atoms with E-state index in [0.29, 0.717) is 47.4 Å². The number of amides is 1. The number of anilines is 3. The molecule has 1 aromatic heterocycles. The van der Waals surface area contributed by atoms with Crippen LogP contribution < -0.4 is 15.4 Å². The highest BCUT2D eigenvalue weighted by Crippen LogP contribution is 2.34. The molecular formula is C23H19F3N4O3. The fraction of sp³-hybridized carbons (Fsp3) is 0.174. The van der Waals surface area contributed by atoms with Crippen molar-refractivity contribution < 1.29 is 27.4 Å². The van der Waals surface area contributed by atoms with Crippen LogP contribution in [0, 0.1) is 0 Å². The molecule has 0 aliphatic carbocycles. The fourth-order valence-electron chi connectivity index (χ4n) is 3.00. The molecule has 33 heavy (non-hydrogen) atoms. The van der Waals surface area contributed by atoms with Gasteiger partial charge in [0.2, 0.25) is 5.91 Å². The summed E-state index contributed by atoms with van der Waals surface area (Å²) in [5.74, 6) is 0.425. The van der Waals surface area contributed by atoms with Crippen molar-refractivity contribution in [2.45, 2.75) is 12.3 Å². The van der Waals surface area contributed by atoms with E-state index in [-0.39, 0.29) is 6.10 Å². The normalized spacial score (nSPS) is 13.7. The van der Waals surface area contributed by atoms with Crippen LogP contribution in [0.4, 0.5) is 30.2 Å². The molecule has 170 valence electrons. The molecule has 2 N–H and O–H groups in total. The number of nitrogens with one attached hydrogen (secondary N) is 2. The predicted octanol–water partition coefficient (Wildman–Crippen LogP) is 4.81. The van der Waals surface area contributed by atoms with Gasteiger partial charge in [0.15, 0.2) is 11.6 Å². The number of aromatic nitrogens is 2. The lowest BCUT2D eigenvalue weighted by molar-refractivity contribution is -0.137. The van der Waals surface area contributed by atoms with Crippen molar-refractivity contribution in [3.05, 3.63) is 73.1 Å². The summed E-state index contributed by atoms with van der Waals surface area (Å²) in [6, 6.07) is 9.62. The van der Waals surface area contributed by atoms with Gasteiger partial charge >= 0.3 is 6.18 Å². The first kappa shape index (κ1) is 22.3. The topological polar surface area (TPSA) is 85.4 Å². The molecule has 0 unspecified atom stereocenters. The van der Waals surface area contributed by atoms with E-state index >= 15 is 0 Å². The minimum atomic E-state index is -4.42. The molecule has 4 rings (SSSR count). The molecule has 0 radical (unpaired) electrons. The summed E-state index contributed by atoms with van der Waals surface area (Å²) in [4.78, 5) is 20.4. The lowest BCUT2D eigenvalue weighted by Gasteiger charge is -2.26. The van der Waals surface area contributed by atoms with Crippen LogP contribution in [0.15, 0.2) is 67.5 Å². The number of carbonyl (C=O) groups is 1. The van der Waals surface area contributed by atoms with Crippen LogP contribution >= 0.6 is 0 Å². The lowest BCUT2D eigenvalue weighted by atomic mass is 10.1. The highest BCUT2D eigenvalue weighted by atomic mass is 19.4. The number of hydrogen-bond donors (Lipinski definition) is 2. The summed E-state index contributed by atoms with van der Waals surface area (Å²) in [5.41, 5.74) is 1.23. The highest BCUT2D eigenvalue weighted by molar-refractivity contribution is 5.99. The average Bonchev–Trinajstić information content (AvgIpc) is 2.77. The zero-order chi connectivity index (χ0) is 23.4. The molecule has 1 amide bonds. The van der Waals surface area contributed by atoms with Gasteiger partial charge in [-0.1, -0.05) is 6.58 Å². The minimum absolute atomic E-state index is 0.0335. The molecule has 10 heteroatoms. The van der Waals surface area contributed by atoms with Gasteiger partial charge in [0.05, 0.1) is 31.2 Å². The fourth-order valence-corrected chi connectivity index (χ4v) is 3.00. The molecule has 0 saturated carbocycles. The molecule has 7 nitrogen and oxygen atoms in total. The van der Waals surface area contributed by atoms with Crippen molar-refractivity contribution >= 4 is 23.0 Å². The average molecular weight is 456 g/mol. The van der Waals surface area contributed by atoms with Crippen molar-refractivity contribution in [1.82, 2.24) is 9.97 Å². The van der Waals surface area contributed by atoms with Crippen LogP contribution in [0.25, 0.3) is 11.4 Å². The summed E-state index contributed by atoms with van der Waals surface area (Å²) in [6.07, 6.45) is -0.262. The Morgan fingerprint density at radius 3 is 2.33 bits per heavy atom. The van der Waals surface area contributed by atoms with Crippen LogP contribution in [0.3, 0.4) is 0 Å². The quantitative estimate of drug-likeness (QED) is 0.497. The van der Waals surface area contributed by atoms with Gasteiger partial charge in [-0.15, -0.1) is 0 Å². The Hall–Kier alpha value is -3.92. The standard InChI is InChI=1S/C23H19F3N4O3/c1-2-21(31)30-16-7-8-20(29-15-5-3-14(4-6-15)23(24,25)26)19(9-16)22-27-10-17(11-28-22)33-18-12-32-13-18/h2-11,18,29H,1,12-13H2,(H,30,31). The summed E-state index contributed by atoms with van der Waals surface area (Å²) >= 11 is 0. The summed E-state index contributed by atoms with van der Waals surface area (Å²) < 4.78 is 49.3. The Morgan fingerprint density at radius 1 is 1.09 bits per heavy atom. The predicted molar refractivity (Wildman–Crippen MR) is 116 cm³/mol. The molecule has 1 saturated heterocycles. The molecule has 1 aliphatic heterocycles. The van der Waals surface area contributed by atoms with Gasteiger partial charge in [0.25, 0.3) is 0 Å². The maximum atomic E-state index is 12.9. The smallest absolute Gasteiger partial charge is 0.416 e. The third-order valence-electron chi connectivity index (χ3n) is 4.74. The summed E-state index contributed by atoms with van der Waals surface area (Å²) in [7, 11) is 0. The van der Waals surface area contributed by atoms with Crippen LogP contribution in [0.5, 0.6) is 5.75 Å². The van der Waals surface area contributed by atoms with E-state index in [2.05, 4.69) is 27.2 Å². The number of benzene rings is 2. The van der Waals surface area contributed by atoms with Crippen LogP contribution in [-0.2, 0) is 15.7 Å². The van der Waals surface area contributed by atoms with E-state index in [4.69, 9.17) is 9.47 Å². The van der Waals surface area contributed by atoms with Crippen molar-refractivity contribution in [3.8, 4) is 17.1 Å². The third kappa shape index (κ3) is 5.47. The molecule has 0 spiro atoms. The highest BCUT2D eigenvalue weighted by Gasteiger charge is 2.30. The van der Waals surface area contributed by atoms with Gasteiger partial charge in [0, 0.05) is 22.6 Å². The van der Waals surface area contributed by atoms with E-state index in [1.54, 1.807) is 18.2 Å². The second-order valence-corrected chi connectivity index (χ2v) is 7.17. The monoisotopic (exact) mass is 456 g/mol. The molecule has 3 aromatic rings. The minimum Gasteiger partial charge on any atom is -0.482 e. The Labute approximate surface area is 187 Å². The van der Waals surface area contributed by atoms with Crippen molar-refractivity contribution in [1.29, 1.82) is 0 Å². The Bertz CT molecular complexity index is 1150. The molecule has 2 aromatic carbocycles. The van der Waals surface area contributed by atoms with Crippen molar-refractivity contribution in [3.63, 3.8) is 0 Å². The molecule has 2 heterocycles. The molecular weight excluding hydrogens is 437 g/mol. The number of nitrogens with zero attached hydrogens (tertiary/aromatic N) is 2. The molecule has 0 bridgehead atoms. The number of rotatable bonds is 7. The first-order chi connectivity index (χ1) is 15.8. The zero-order valence-electron chi connectivity index (χ0n) is 17.2. The number of carbonyl (C=O) groups excluding carboxylic acids is 1. The van der Waals surface area contributed by atoms with Gasteiger partial charge in [-0.3, -0.25) is 4.79 Å². The Morgan fingerprint density at radius 2 is 1.76 bits per heavy atom. The first-order valence-corrected chi connectivity index (χ1v) is 9.90. The first-order valence-electron chi connectivity index (χ1n) is 9.90. The molecule has 1 fully saturated rings. The van der Waals surface area contributed by atoms with Crippen LogP contribution in [0.2, 0.25) is 0 Å². The van der Waals surface area contributed by atoms with E-state index in [1.807, 2.05) is 0 Å². The van der Waals surface area contributed by atoms with E-state index in [0.717, 1.165) is 18.2 Å². The number of hydrogen-bond acceptors (Lipinski definition) is 6. The molecule has 0 atom stereocenters. The molecule has 1 aliphatic rings. The summed E-state index contributed by atoms with van der Waals surface area (Å²) in [5, 5.41) is 5.75. The van der Waals surface area contributed by atoms with Crippen LogP contribution in [0.1, 0.15) is 5.56 Å². The lowest BCUT2D eigenvalue weighted by Crippen LogP contribution is -2.38. The number of ether oxygens (including phenoxy) is 2. The Kier molecular flexibility index (Phi) is 6.27. The van der Waals surface area contributed by atoms with Crippen molar-refractivity contribution in [2.75, 3.05) is 23.8 Å². The summed E-state index contributed by atoms with van der Waals surface area (Å²) in [6.45, 7) is 4.44. The maximum absolute atomic E-state index is 12.9. The second kappa shape index (κ2) is 9.29. The number of alkyl halides is 3. The van der Waals surface area contributed by atoms with Gasteiger partial charge in [0.1, 0.15) is 6.10 Å². The number of halogens is 3. The van der Waals surface area contributed by atoms with E-state index < -0.39 is 17.6 Å². The Balaban J connectivity index is 1.63. The maximum Gasteiger partial charge on any atom is 0.416 e. The van der Waals surface area contributed by atoms with Gasteiger partial charge in [-0.05, 0) is 48.5 Å². The van der Waals surface area contributed by atoms with Gasteiger partial charge in [-0.2, -0.15) is 13.2 Å². The zero-order valence-corrected chi connectivity index (χ0v) is 17.2. The van der Waals surface area contributed by atoms with Crippen molar-refractivity contribution in [2.24, 2.45) is 0 Å². The van der Waals surface area contributed by atoms with Gasteiger partial charge in [-0.25, -0.2) is 9.97 Å². The van der Waals surface area contributed by atoms with Crippen LogP contribution in [-0.4, -0.2) is 35.2 Å². The third-order valence-corrected chi connectivity index (χ3v) is 4.74. The largest absolute Gasteiger partial charge is 0.482 e. The van der Waals surface area contributed by atoms with E-state index in [9.17, 15) is 18.0 Å².